The molecule has 13 heteroatoms. The minimum absolute atomic E-state index is 0.169. The summed E-state index contributed by atoms with van der Waals surface area (Å²) in [6, 6.07) is 15.2. The number of hydrogen-bond acceptors (Lipinski definition) is 6. The predicted octanol–water partition coefficient (Wildman–Crippen LogP) is 6.13. The molecule has 3 aromatic carbocycles. The van der Waals surface area contributed by atoms with E-state index in [0.29, 0.717) is 46.2 Å². The Hall–Kier alpha value is -4.45. The van der Waals surface area contributed by atoms with Crippen molar-refractivity contribution < 1.29 is 37.0 Å². The number of benzene rings is 3. The van der Waals surface area contributed by atoms with Crippen LogP contribution in [0.1, 0.15) is 42.1 Å². The molecule has 0 aliphatic carbocycles. The highest BCUT2D eigenvalue weighted by Gasteiger charge is 2.45. The molecular weight excluding hydrogens is 601 g/mol. The van der Waals surface area contributed by atoms with E-state index in [9.17, 15) is 22.8 Å². The fourth-order valence-corrected chi connectivity index (χ4v) is 5.32. The maximum atomic E-state index is 14.4. The van der Waals surface area contributed by atoms with Crippen LogP contribution in [0.3, 0.4) is 0 Å². The Labute approximate surface area is 257 Å². The summed E-state index contributed by atoms with van der Waals surface area (Å²) >= 11 is 6.20. The summed E-state index contributed by atoms with van der Waals surface area (Å²) in [7, 11) is 1.52. The highest BCUT2D eigenvalue weighted by atomic mass is 35.5. The molecule has 1 N–H and O–H groups in total. The van der Waals surface area contributed by atoms with Gasteiger partial charge in [0.25, 0.3) is 0 Å². The van der Waals surface area contributed by atoms with E-state index in [1.165, 1.54) is 35.1 Å². The first kappa shape index (κ1) is 31.0. The van der Waals surface area contributed by atoms with Gasteiger partial charge in [0.2, 0.25) is 5.91 Å². The number of amides is 3. The lowest BCUT2D eigenvalue weighted by Crippen LogP contribution is -2.55. The molecule has 0 unspecified atom stereocenters. The summed E-state index contributed by atoms with van der Waals surface area (Å²) in [5.41, 5.74) is 1.47. The number of nitrogens with one attached hydrogen (secondary N) is 1. The quantitative estimate of drug-likeness (QED) is 0.323. The second-order valence-corrected chi connectivity index (χ2v) is 10.6. The number of carbonyl (C=O) groups is 2. The molecule has 1 fully saturated rings. The van der Waals surface area contributed by atoms with E-state index < -0.39 is 30.2 Å². The highest BCUT2D eigenvalue weighted by Crippen LogP contribution is 2.46. The fraction of sp³-hybridized carbons (Fsp3) is 0.323. The molecule has 44 heavy (non-hydrogen) atoms. The molecule has 0 spiro atoms. The lowest BCUT2D eigenvalue weighted by molar-refractivity contribution is -0.274. The molecular formula is C31H30ClF3N4O5. The average Bonchev–Trinajstić information content (AvgIpc) is 3.39. The number of alkyl halides is 3. The van der Waals surface area contributed by atoms with Gasteiger partial charge < -0.3 is 24.4 Å². The van der Waals surface area contributed by atoms with Crippen LogP contribution < -0.4 is 19.5 Å². The summed E-state index contributed by atoms with van der Waals surface area (Å²) in [6.45, 7) is 2.67. The topological polar surface area (TPSA) is 92.7 Å². The molecule has 9 nitrogen and oxygen atoms in total. The fourth-order valence-electron chi connectivity index (χ4n) is 5.19. The van der Waals surface area contributed by atoms with E-state index in [0.717, 1.165) is 0 Å². The third kappa shape index (κ3) is 6.85. The Balaban J connectivity index is 1.70. The minimum Gasteiger partial charge on any atom is -0.497 e. The molecule has 3 amide bonds. The first-order chi connectivity index (χ1) is 21.1. The molecule has 232 valence electrons. The predicted molar refractivity (Wildman–Crippen MR) is 157 cm³/mol. The number of hydrogen-bond donors (Lipinski definition) is 1. The zero-order chi connectivity index (χ0) is 31.4. The van der Waals surface area contributed by atoms with Crippen molar-refractivity contribution >= 4 is 29.4 Å². The lowest BCUT2D eigenvalue weighted by Gasteiger charge is -2.35. The van der Waals surface area contributed by atoms with Gasteiger partial charge in [0.1, 0.15) is 35.7 Å². The van der Waals surface area contributed by atoms with Crippen LogP contribution in [0, 0.1) is 0 Å². The van der Waals surface area contributed by atoms with E-state index in [-0.39, 0.29) is 31.4 Å². The van der Waals surface area contributed by atoms with Crippen LogP contribution in [0.4, 0.5) is 18.0 Å². The molecule has 2 aliphatic rings. The number of nitrogens with zero attached hydrogens (tertiary/aromatic N) is 3. The van der Waals surface area contributed by atoms with Crippen LogP contribution in [0.2, 0.25) is 5.02 Å². The molecule has 2 heterocycles. The monoisotopic (exact) mass is 630 g/mol. The minimum atomic E-state index is -4.90. The van der Waals surface area contributed by atoms with E-state index >= 15 is 0 Å². The largest absolute Gasteiger partial charge is 0.573 e. The Morgan fingerprint density at radius 3 is 2.52 bits per heavy atom. The number of carbonyl (C=O) groups excluding carboxylic acids is 2. The first-order valence-corrected chi connectivity index (χ1v) is 14.3. The zero-order valence-electron chi connectivity index (χ0n) is 23.9. The van der Waals surface area contributed by atoms with Crippen molar-refractivity contribution in [3.63, 3.8) is 0 Å². The maximum Gasteiger partial charge on any atom is 0.573 e. The second-order valence-electron chi connectivity index (χ2n) is 10.1. The van der Waals surface area contributed by atoms with E-state index in [1.807, 2.05) is 6.92 Å². The Morgan fingerprint density at radius 1 is 1.07 bits per heavy atom. The zero-order valence-corrected chi connectivity index (χ0v) is 24.7. The third-order valence-electron chi connectivity index (χ3n) is 7.12. The molecule has 0 aromatic heterocycles. The number of aliphatic imine (C=N–C) groups is 1. The van der Waals surface area contributed by atoms with Crippen molar-refractivity contribution in [3.05, 3.63) is 88.4 Å². The maximum absolute atomic E-state index is 14.4. The van der Waals surface area contributed by atoms with Gasteiger partial charge in [0.15, 0.2) is 0 Å². The van der Waals surface area contributed by atoms with Crippen LogP contribution in [0.5, 0.6) is 17.2 Å². The first-order valence-electron chi connectivity index (χ1n) is 13.9. The van der Waals surface area contributed by atoms with Gasteiger partial charge in [0, 0.05) is 24.2 Å². The average molecular weight is 631 g/mol. The molecule has 0 saturated carbocycles. The molecule has 0 radical (unpaired) electrons. The van der Waals surface area contributed by atoms with Gasteiger partial charge in [-0.2, -0.15) is 0 Å². The molecule has 2 aliphatic heterocycles. The van der Waals surface area contributed by atoms with E-state index in [1.54, 1.807) is 48.5 Å². The Bertz CT molecular complexity index is 1550. The number of amidine groups is 1. The van der Waals surface area contributed by atoms with Crippen LogP contribution in [0.25, 0.3) is 0 Å². The van der Waals surface area contributed by atoms with Crippen molar-refractivity contribution in [1.82, 2.24) is 15.1 Å². The standard InChI is InChI=1S/C31H30ClF3N4O5/c1-3-15-43-25-17-22(42-2)11-12-24(25)29-37-27(20-5-4-6-23(16-20)44-31(33,34)35)28(19-7-9-21(32)10-8-19)39(29)30(41)38-14-13-36-26(40)18-38/h4-12,16-17,27-28H,3,13-15,18H2,1-2H3,(H,36,40)/t27-,28+/m0/s1. The lowest BCUT2D eigenvalue weighted by atomic mass is 9.93. The number of urea groups is 1. The van der Waals surface area contributed by atoms with Crippen molar-refractivity contribution in [2.75, 3.05) is 33.4 Å². The molecule has 2 atom stereocenters. The van der Waals surface area contributed by atoms with Crippen LogP contribution in [-0.4, -0.2) is 67.3 Å². The van der Waals surface area contributed by atoms with Gasteiger partial charge in [-0.3, -0.25) is 14.7 Å². The number of methoxy groups -OCH3 is 1. The van der Waals surface area contributed by atoms with E-state index in [4.69, 9.17) is 26.1 Å². The summed E-state index contributed by atoms with van der Waals surface area (Å²) in [5.74, 6) is 0.420. The van der Waals surface area contributed by atoms with Crippen LogP contribution in [-0.2, 0) is 4.79 Å². The van der Waals surface area contributed by atoms with Crippen molar-refractivity contribution in [2.24, 2.45) is 4.99 Å². The number of piperazine rings is 1. The third-order valence-corrected chi connectivity index (χ3v) is 7.37. The number of rotatable bonds is 8. The molecule has 5 rings (SSSR count). The second kappa shape index (κ2) is 13.0. The summed E-state index contributed by atoms with van der Waals surface area (Å²) < 4.78 is 55.1. The van der Waals surface area contributed by atoms with Crippen LogP contribution in [0.15, 0.2) is 71.7 Å². The van der Waals surface area contributed by atoms with Gasteiger partial charge in [-0.25, -0.2) is 4.79 Å². The smallest absolute Gasteiger partial charge is 0.497 e. The summed E-state index contributed by atoms with van der Waals surface area (Å²) in [4.78, 5) is 34.6. The van der Waals surface area contributed by atoms with Crippen molar-refractivity contribution in [1.29, 1.82) is 0 Å². The highest BCUT2D eigenvalue weighted by molar-refractivity contribution is 6.30. The molecule has 0 bridgehead atoms. The normalized spacial score (nSPS) is 18.5. The number of ether oxygens (including phenoxy) is 3. The van der Waals surface area contributed by atoms with Crippen molar-refractivity contribution in [2.45, 2.75) is 31.8 Å². The Kier molecular flexibility index (Phi) is 9.19. The van der Waals surface area contributed by atoms with Crippen LogP contribution >= 0.6 is 11.6 Å². The van der Waals surface area contributed by atoms with Gasteiger partial charge in [0.05, 0.1) is 25.3 Å². The summed E-state index contributed by atoms with van der Waals surface area (Å²) in [6.07, 6.45) is -4.19. The molecule has 3 aromatic rings. The van der Waals surface area contributed by atoms with Gasteiger partial charge in [-0.1, -0.05) is 42.8 Å². The SMILES string of the molecule is CCCOc1cc(OC)ccc1C1=N[C@@H](c2cccc(OC(F)(F)F)c2)[C@@H](c2ccc(Cl)cc2)N1C(=O)N1CCNC(=O)C1. The van der Waals surface area contributed by atoms with Gasteiger partial charge >= 0.3 is 12.4 Å². The summed E-state index contributed by atoms with van der Waals surface area (Å²) in [5, 5.41) is 3.18. The number of halogens is 4. The van der Waals surface area contributed by atoms with Gasteiger partial charge in [-0.05, 0) is 53.9 Å². The van der Waals surface area contributed by atoms with E-state index in [2.05, 4.69) is 10.1 Å². The van der Waals surface area contributed by atoms with Gasteiger partial charge in [-0.15, -0.1) is 13.2 Å². The Morgan fingerprint density at radius 2 is 1.84 bits per heavy atom. The van der Waals surface area contributed by atoms with Crippen molar-refractivity contribution in [3.8, 4) is 17.2 Å². The molecule has 1 saturated heterocycles.